The predicted octanol–water partition coefficient (Wildman–Crippen LogP) is 2.02. The van der Waals surface area contributed by atoms with Crippen LogP contribution in [0, 0.1) is 0 Å². The molecule has 3 N–H and O–H groups in total. The third kappa shape index (κ3) is 3.21. The van der Waals surface area contributed by atoms with Crippen LogP contribution < -0.4 is 15.8 Å². The molecule has 0 spiro atoms. The smallest absolute Gasteiger partial charge is 0.265 e. The molecule has 1 atom stereocenters. The van der Waals surface area contributed by atoms with E-state index < -0.39 is 5.91 Å². The van der Waals surface area contributed by atoms with Gasteiger partial charge in [-0.15, -0.1) is 0 Å². The Morgan fingerprint density at radius 3 is 2.91 bits per heavy atom. The molecule has 0 unspecified atom stereocenters. The largest absolute Gasteiger partial charge is 0.493 e. The van der Waals surface area contributed by atoms with Crippen molar-refractivity contribution in [3.8, 4) is 5.75 Å². The number of nitrogens with one attached hydrogen (secondary N) is 1. The van der Waals surface area contributed by atoms with E-state index in [0.29, 0.717) is 24.4 Å². The Morgan fingerprint density at radius 2 is 2.17 bits per heavy atom. The molecule has 1 aromatic carbocycles. The van der Waals surface area contributed by atoms with Crippen LogP contribution in [0.3, 0.4) is 0 Å². The molecule has 3 rings (SSSR count). The van der Waals surface area contributed by atoms with Gasteiger partial charge in [0.15, 0.2) is 0 Å². The zero-order chi connectivity index (χ0) is 16.4. The quantitative estimate of drug-likeness (QED) is 0.905. The van der Waals surface area contributed by atoms with Gasteiger partial charge in [-0.2, -0.15) is 0 Å². The van der Waals surface area contributed by atoms with Gasteiger partial charge in [-0.3, -0.25) is 9.59 Å². The lowest BCUT2D eigenvalue weighted by molar-refractivity contribution is -0.116. The van der Waals surface area contributed by atoms with Gasteiger partial charge in [-0.05, 0) is 30.0 Å². The zero-order valence-corrected chi connectivity index (χ0v) is 12.9. The lowest BCUT2D eigenvalue weighted by Gasteiger charge is -2.25. The number of hydrogen-bond donors (Lipinski definition) is 2. The first kappa shape index (κ1) is 15.1. The van der Waals surface area contributed by atoms with Crippen molar-refractivity contribution < 1.29 is 14.3 Å². The topological polar surface area (TPSA) is 86.3 Å². The number of carbonyl (C=O) groups is 2. The second-order valence-corrected chi connectivity index (χ2v) is 5.71. The van der Waals surface area contributed by atoms with E-state index in [1.807, 2.05) is 24.3 Å². The molecule has 6 nitrogen and oxygen atoms in total. The number of carbonyl (C=O) groups excluding carboxylic acids is 2. The summed E-state index contributed by atoms with van der Waals surface area (Å²) in [6.45, 7) is 0.617. The number of hydrogen-bond acceptors (Lipinski definition) is 3. The second-order valence-electron chi connectivity index (χ2n) is 5.71. The molecule has 6 heteroatoms. The molecule has 0 bridgehead atoms. The highest BCUT2D eigenvalue weighted by Crippen LogP contribution is 2.35. The van der Waals surface area contributed by atoms with Gasteiger partial charge in [0.1, 0.15) is 11.4 Å². The normalized spacial score (nSPS) is 16.3. The third-order valence-corrected chi connectivity index (χ3v) is 4.06. The van der Waals surface area contributed by atoms with Crippen LogP contribution in [0.25, 0.3) is 0 Å². The number of ether oxygens (including phenoxy) is 1. The number of aryl methyl sites for hydroxylation is 1. The van der Waals surface area contributed by atoms with E-state index in [4.69, 9.17) is 10.5 Å². The van der Waals surface area contributed by atoms with Crippen molar-refractivity contribution in [3.05, 3.63) is 47.8 Å². The minimum atomic E-state index is -0.522. The van der Waals surface area contributed by atoms with Crippen LogP contribution in [0.4, 0.5) is 5.69 Å². The Kier molecular flexibility index (Phi) is 4.06. The van der Waals surface area contributed by atoms with Crippen LogP contribution >= 0.6 is 0 Å². The molecular formula is C17H19N3O3. The monoisotopic (exact) mass is 313 g/mol. The fourth-order valence-electron chi connectivity index (χ4n) is 2.94. The molecule has 2 heterocycles. The number of anilines is 1. The maximum absolute atomic E-state index is 12.3. The highest BCUT2D eigenvalue weighted by Gasteiger charge is 2.23. The molecule has 0 saturated heterocycles. The molecule has 1 aliphatic rings. The number of para-hydroxylation sites is 1. The number of aromatic nitrogens is 1. The third-order valence-electron chi connectivity index (χ3n) is 4.06. The lowest BCUT2D eigenvalue weighted by atomic mass is 9.90. The maximum Gasteiger partial charge on any atom is 0.265 e. The van der Waals surface area contributed by atoms with Crippen molar-refractivity contribution in [1.29, 1.82) is 0 Å². The van der Waals surface area contributed by atoms with Crippen LogP contribution in [0.15, 0.2) is 36.5 Å². The summed E-state index contributed by atoms with van der Waals surface area (Å²) in [6.07, 6.45) is 2.86. The summed E-state index contributed by atoms with van der Waals surface area (Å²) in [6, 6.07) is 9.39. The molecule has 1 aromatic heterocycles. The number of rotatable bonds is 4. The van der Waals surface area contributed by atoms with E-state index in [9.17, 15) is 9.59 Å². The first-order chi connectivity index (χ1) is 11.0. The van der Waals surface area contributed by atoms with E-state index in [2.05, 4.69) is 5.32 Å². The van der Waals surface area contributed by atoms with E-state index >= 15 is 0 Å². The lowest BCUT2D eigenvalue weighted by Crippen LogP contribution is -2.20. The van der Waals surface area contributed by atoms with Crippen molar-refractivity contribution in [2.24, 2.45) is 12.8 Å². The van der Waals surface area contributed by atoms with Crippen molar-refractivity contribution in [2.75, 3.05) is 11.9 Å². The fraction of sp³-hybridized carbons (Fsp3) is 0.294. The van der Waals surface area contributed by atoms with E-state index in [0.717, 1.165) is 17.7 Å². The average molecular weight is 313 g/mol. The number of benzene rings is 1. The molecular weight excluding hydrogens is 294 g/mol. The Morgan fingerprint density at radius 1 is 1.39 bits per heavy atom. The summed E-state index contributed by atoms with van der Waals surface area (Å²) in [5.41, 5.74) is 7.28. The summed E-state index contributed by atoms with van der Waals surface area (Å²) in [7, 11) is 1.71. The number of nitrogens with two attached hydrogens (primary N) is 1. The van der Waals surface area contributed by atoms with Gasteiger partial charge < -0.3 is 20.4 Å². The van der Waals surface area contributed by atoms with Gasteiger partial charge in [0.05, 0.1) is 12.3 Å². The van der Waals surface area contributed by atoms with Crippen molar-refractivity contribution in [3.63, 3.8) is 0 Å². The number of fused-ring (bicyclic) bond motifs is 1. The molecule has 2 aromatic rings. The highest BCUT2D eigenvalue weighted by atomic mass is 16.5. The predicted molar refractivity (Wildman–Crippen MR) is 86.5 cm³/mol. The van der Waals surface area contributed by atoms with Crippen LogP contribution in [-0.2, 0) is 11.8 Å². The Bertz CT molecular complexity index is 751. The summed E-state index contributed by atoms with van der Waals surface area (Å²) >= 11 is 0. The van der Waals surface area contributed by atoms with Gasteiger partial charge in [-0.1, -0.05) is 18.2 Å². The summed E-state index contributed by atoms with van der Waals surface area (Å²) in [5.74, 6) is 0.381. The molecule has 0 aliphatic carbocycles. The molecule has 1 aliphatic heterocycles. The number of nitrogens with zero attached hydrogens (tertiary/aromatic N) is 1. The maximum atomic E-state index is 12.3. The molecule has 2 amide bonds. The molecule has 0 fully saturated rings. The highest BCUT2D eigenvalue weighted by molar-refractivity contribution is 5.96. The standard InChI is InChI=1S/C17H19N3O3/c1-20-10-12(9-14(20)17(18)22)19-16(21)8-11-6-7-23-15-5-3-2-4-13(11)15/h2-5,9-11H,6-8H2,1H3,(H2,18,22)(H,19,21)/t11-/m1/s1. The van der Waals surface area contributed by atoms with Crippen LogP contribution in [0.1, 0.15) is 34.8 Å². The minimum absolute atomic E-state index is 0.0895. The van der Waals surface area contributed by atoms with Crippen molar-refractivity contribution in [2.45, 2.75) is 18.8 Å². The molecule has 120 valence electrons. The molecule has 0 saturated carbocycles. The van der Waals surface area contributed by atoms with Crippen molar-refractivity contribution in [1.82, 2.24) is 4.57 Å². The van der Waals surface area contributed by atoms with Gasteiger partial charge in [-0.25, -0.2) is 0 Å². The number of amides is 2. The summed E-state index contributed by atoms with van der Waals surface area (Å²) in [4.78, 5) is 23.6. The molecule has 23 heavy (non-hydrogen) atoms. The van der Waals surface area contributed by atoms with Crippen molar-refractivity contribution >= 4 is 17.5 Å². The Labute approximate surface area is 134 Å². The second kappa shape index (κ2) is 6.16. The van der Waals surface area contributed by atoms with Crippen LogP contribution in [0.2, 0.25) is 0 Å². The molecule has 0 radical (unpaired) electrons. The van der Waals surface area contributed by atoms with Gasteiger partial charge in [0, 0.05) is 19.7 Å². The zero-order valence-electron chi connectivity index (χ0n) is 12.9. The fourth-order valence-corrected chi connectivity index (χ4v) is 2.94. The Hall–Kier alpha value is -2.76. The summed E-state index contributed by atoms with van der Waals surface area (Å²) < 4.78 is 7.21. The van der Waals surface area contributed by atoms with E-state index in [1.54, 1.807) is 23.9 Å². The van der Waals surface area contributed by atoms with E-state index in [-0.39, 0.29) is 11.8 Å². The van der Waals surface area contributed by atoms with Gasteiger partial charge >= 0.3 is 0 Å². The van der Waals surface area contributed by atoms with Crippen LogP contribution in [-0.4, -0.2) is 23.0 Å². The first-order valence-electron chi connectivity index (χ1n) is 7.52. The van der Waals surface area contributed by atoms with Gasteiger partial charge in [0.25, 0.3) is 5.91 Å². The summed E-state index contributed by atoms with van der Waals surface area (Å²) in [5, 5.41) is 2.83. The average Bonchev–Trinajstić information content (AvgIpc) is 2.88. The minimum Gasteiger partial charge on any atom is -0.493 e. The van der Waals surface area contributed by atoms with E-state index in [1.165, 1.54) is 0 Å². The number of primary amides is 1. The SMILES string of the molecule is Cn1cc(NC(=O)C[C@H]2CCOc3ccccc32)cc1C(N)=O. The first-order valence-corrected chi connectivity index (χ1v) is 7.52. The van der Waals surface area contributed by atoms with Gasteiger partial charge in [0.2, 0.25) is 5.91 Å². The Balaban J connectivity index is 1.69. The van der Waals surface area contributed by atoms with Crippen LogP contribution in [0.5, 0.6) is 5.75 Å².